The van der Waals surface area contributed by atoms with Gasteiger partial charge in [0.1, 0.15) is 5.56 Å². The summed E-state index contributed by atoms with van der Waals surface area (Å²) < 4.78 is 0. The number of benzene rings is 2. The van der Waals surface area contributed by atoms with Gasteiger partial charge in [0.05, 0.1) is 4.92 Å². The first-order valence-electron chi connectivity index (χ1n) is 5.32. The van der Waals surface area contributed by atoms with Crippen molar-refractivity contribution in [2.75, 3.05) is 0 Å². The van der Waals surface area contributed by atoms with E-state index in [4.69, 9.17) is 5.11 Å². The highest BCUT2D eigenvalue weighted by atomic mass is 32.2. The molecule has 0 spiro atoms. The lowest BCUT2D eigenvalue weighted by Crippen LogP contribution is -2.02. The van der Waals surface area contributed by atoms with Crippen LogP contribution in [0.5, 0.6) is 0 Å². The van der Waals surface area contributed by atoms with Crippen LogP contribution in [0.15, 0.2) is 58.3 Å². The Balaban J connectivity index is 2.36. The molecule has 5 nitrogen and oxygen atoms in total. The molecular formula is C13H9NO4S. The number of hydrogen-bond acceptors (Lipinski definition) is 4. The second-order valence-corrected chi connectivity index (χ2v) is 4.80. The van der Waals surface area contributed by atoms with Crippen LogP contribution in [0.25, 0.3) is 0 Å². The third kappa shape index (κ3) is 3.11. The zero-order valence-electron chi connectivity index (χ0n) is 9.65. The SMILES string of the molecule is O=C(O)c1ccc(Sc2ccccc2)cc1[N+](=O)[O-]. The quantitative estimate of drug-likeness (QED) is 0.682. The summed E-state index contributed by atoms with van der Waals surface area (Å²) in [5, 5.41) is 19.7. The number of carboxylic acid groups (broad SMARTS) is 1. The molecule has 0 amide bonds. The monoisotopic (exact) mass is 275 g/mol. The highest BCUT2D eigenvalue weighted by molar-refractivity contribution is 7.99. The van der Waals surface area contributed by atoms with Gasteiger partial charge in [-0.2, -0.15) is 0 Å². The fourth-order valence-electron chi connectivity index (χ4n) is 1.53. The van der Waals surface area contributed by atoms with E-state index in [1.165, 1.54) is 23.9 Å². The van der Waals surface area contributed by atoms with Crippen LogP contribution in [-0.4, -0.2) is 16.0 Å². The fourth-order valence-corrected chi connectivity index (χ4v) is 2.40. The molecule has 2 aromatic carbocycles. The molecule has 0 bridgehead atoms. The molecule has 0 radical (unpaired) electrons. The highest BCUT2D eigenvalue weighted by Crippen LogP contribution is 2.31. The predicted molar refractivity (Wildman–Crippen MR) is 70.6 cm³/mol. The summed E-state index contributed by atoms with van der Waals surface area (Å²) in [6.07, 6.45) is 0. The van der Waals surface area contributed by atoms with Crippen LogP contribution in [0.3, 0.4) is 0 Å². The molecule has 0 heterocycles. The van der Waals surface area contributed by atoms with Crippen LogP contribution in [0, 0.1) is 10.1 Å². The summed E-state index contributed by atoms with van der Waals surface area (Å²) in [6, 6.07) is 13.5. The molecular weight excluding hydrogens is 266 g/mol. The first kappa shape index (κ1) is 13.1. The van der Waals surface area contributed by atoms with Crippen molar-refractivity contribution in [3.05, 3.63) is 64.2 Å². The van der Waals surface area contributed by atoms with E-state index in [2.05, 4.69) is 0 Å². The van der Waals surface area contributed by atoms with Gasteiger partial charge in [-0.15, -0.1) is 0 Å². The lowest BCUT2D eigenvalue weighted by atomic mass is 10.2. The van der Waals surface area contributed by atoms with Gasteiger partial charge in [-0.05, 0) is 24.3 Å². The van der Waals surface area contributed by atoms with Gasteiger partial charge < -0.3 is 5.11 Å². The van der Waals surface area contributed by atoms with Crippen molar-refractivity contribution in [1.29, 1.82) is 0 Å². The van der Waals surface area contributed by atoms with Gasteiger partial charge in [-0.3, -0.25) is 10.1 Å². The number of nitro groups is 1. The Morgan fingerprint density at radius 1 is 1.11 bits per heavy atom. The Hall–Kier alpha value is -2.34. The molecule has 0 aliphatic rings. The van der Waals surface area contributed by atoms with E-state index in [9.17, 15) is 14.9 Å². The third-order valence-electron chi connectivity index (χ3n) is 2.38. The Morgan fingerprint density at radius 3 is 2.37 bits per heavy atom. The molecule has 0 unspecified atom stereocenters. The molecule has 2 aromatic rings. The maximum absolute atomic E-state index is 10.9. The number of carboxylic acids is 1. The summed E-state index contributed by atoms with van der Waals surface area (Å²) in [6.45, 7) is 0. The molecule has 0 atom stereocenters. The van der Waals surface area contributed by atoms with Gasteiger partial charge in [0.15, 0.2) is 0 Å². The van der Waals surface area contributed by atoms with E-state index < -0.39 is 16.6 Å². The van der Waals surface area contributed by atoms with Crippen LogP contribution < -0.4 is 0 Å². The Labute approximate surface area is 113 Å². The maximum Gasteiger partial charge on any atom is 0.342 e. The Morgan fingerprint density at radius 2 is 1.79 bits per heavy atom. The van der Waals surface area contributed by atoms with Crippen LogP contribution in [0.1, 0.15) is 10.4 Å². The molecule has 0 aliphatic heterocycles. The highest BCUT2D eigenvalue weighted by Gasteiger charge is 2.20. The van der Waals surface area contributed by atoms with Gasteiger partial charge in [-0.1, -0.05) is 30.0 Å². The summed E-state index contributed by atoms with van der Waals surface area (Å²) in [7, 11) is 0. The summed E-state index contributed by atoms with van der Waals surface area (Å²) >= 11 is 1.34. The molecule has 19 heavy (non-hydrogen) atoms. The third-order valence-corrected chi connectivity index (χ3v) is 3.37. The van der Waals surface area contributed by atoms with Crippen LogP contribution >= 0.6 is 11.8 Å². The van der Waals surface area contributed by atoms with Gasteiger partial charge in [0.2, 0.25) is 0 Å². The minimum atomic E-state index is -1.30. The van der Waals surface area contributed by atoms with Crippen molar-refractivity contribution in [2.45, 2.75) is 9.79 Å². The molecule has 0 fully saturated rings. The van der Waals surface area contributed by atoms with Gasteiger partial charge in [0.25, 0.3) is 5.69 Å². The van der Waals surface area contributed by atoms with Crippen LogP contribution in [0.2, 0.25) is 0 Å². The van der Waals surface area contributed by atoms with E-state index in [1.807, 2.05) is 30.3 Å². The second kappa shape index (κ2) is 5.53. The van der Waals surface area contributed by atoms with Gasteiger partial charge >= 0.3 is 5.97 Å². The largest absolute Gasteiger partial charge is 0.477 e. The predicted octanol–water partition coefficient (Wildman–Crippen LogP) is 3.44. The van der Waals surface area contributed by atoms with Crippen molar-refractivity contribution < 1.29 is 14.8 Å². The summed E-state index contributed by atoms with van der Waals surface area (Å²) in [5.41, 5.74) is -0.698. The van der Waals surface area contributed by atoms with Crippen molar-refractivity contribution in [2.24, 2.45) is 0 Å². The molecule has 6 heteroatoms. The topological polar surface area (TPSA) is 80.4 Å². The van der Waals surface area contributed by atoms with Crippen LogP contribution in [-0.2, 0) is 0 Å². The van der Waals surface area contributed by atoms with Gasteiger partial charge in [-0.25, -0.2) is 4.79 Å². The lowest BCUT2D eigenvalue weighted by Gasteiger charge is -2.03. The average molecular weight is 275 g/mol. The number of hydrogen-bond donors (Lipinski definition) is 1. The van der Waals surface area contributed by atoms with Crippen molar-refractivity contribution in [1.82, 2.24) is 0 Å². The van der Waals surface area contributed by atoms with Crippen molar-refractivity contribution in [3.8, 4) is 0 Å². The smallest absolute Gasteiger partial charge is 0.342 e. The number of carbonyl (C=O) groups is 1. The Kier molecular flexibility index (Phi) is 3.82. The number of rotatable bonds is 4. The summed E-state index contributed by atoms with van der Waals surface area (Å²) in [5.74, 6) is -1.30. The van der Waals surface area contributed by atoms with Crippen molar-refractivity contribution >= 4 is 23.4 Å². The molecule has 0 saturated carbocycles. The first-order valence-corrected chi connectivity index (χ1v) is 6.14. The number of aromatic carboxylic acids is 1. The van der Waals surface area contributed by atoms with Crippen molar-refractivity contribution in [3.63, 3.8) is 0 Å². The molecule has 1 N–H and O–H groups in total. The normalized spacial score (nSPS) is 10.1. The molecule has 0 saturated heterocycles. The molecule has 96 valence electrons. The van der Waals surface area contributed by atoms with E-state index in [0.29, 0.717) is 4.90 Å². The van der Waals surface area contributed by atoms with Gasteiger partial charge in [0, 0.05) is 15.9 Å². The maximum atomic E-state index is 10.9. The second-order valence-electron chi connectivity index (χ2n) is 3.66. The lowest BCUT2D eigenvalue weighted by molar-refractivity contribution is -0.385. The number of nitrogens with zero attached hydrogens (tertiary/aromatic N) is 1. The van der Waals surface area contributed by atoms with Crippen LogP contribution in [0.4, 0.5) is 5.69 Å². The van der Waals surface area contributed by atoms with E-state index >= 15 is 0 Å². The van der Waals surface area contributed by atoms with E-state index in [1.54, 1.807) is 6.07 Å². The first-order chi connectivity index (χ1) is 9.08. The zero-order chi connectivity index (χ0) is 13.8. The summed E-state index contributed by atoms with van der Waals surface area (Å²) in [4.78, 5) is 22.6. The molecule has 0 aliphatic carbocycles. The zero-order valence-corrected chi connectivity index (χ0v) is 10.5. The Bertz CT molecular complexity index is 628. The number of nitro benzene ring substituents is 1. The average Bonchev–Trinajstić information content (AvgIpc) is 2.39. The molecule has 0 aromatic heterocycles. The fraction of sp³-hybridized carbons (Fsp3) is 0. The minimum Gasteiger partial charge on any atom is -0.477 e. The van der Waals surface area contributed by atoms with E-state index in [0.717, 1.165) is 4.90 Å². The van der Waals surface area contributed by atoms with E-state index in [-0.39, 0.29) is 5.56 Å². The molecule has 2 rings (SSSR count). The minimum absolute atomic E-state index is 0.303. The standard InChI is InChI=1S/C13H9NO4S/c15-13(16)11-7-6-10(8-12(11)14(17)18)19-9-4-2-1-3-5-9/h1-8H,(H,15,16).